The van der Waals surface area contributed by atoms with Gasteiger partial charge in [0.25, 0.3) is 11.8 Å². The molecule has 1 aromatic heterocycles. The normalized spacial score (nSPS) is 14.1. The fraction of sp³-hybridized carbons (Fsp3) is 0.227. The van der Waals surface area contributed by atoms with E-state index in [1.165, 1.54) is 22.3 Å². The number of fused-ring (bicyclic) bond motifs is 1. The lowest BCUT2D eigenvalue weighted by molar-refractivity contribution is -0.120. The molecule has 0 saturated carbocycles. The van der Waals surface area contributed by atoms with Gasteiger partial charge in [0.15, 0.2) is 5.13 Å². The predicted octanol–water partition coefficient (Wildman–Crippen LogP) is 4.45. The van der Waals surface area contributed by atoms with Crippen LogP contribution in [0.3, 0.4) is 0 Å². The number of thiazole rings is 1. The van der Waals surface area contributed by atoms with E-state index in [-0.39, 0.29) is 29.7 Å². The van der Waals surface area contributed by atoms with Gasteiger partial charge < -0.3 is 10.0 Å². The SMILES string of the molecule is CC(C)c1ccc2c(c1)C(=O)N([C@H](C(=O)Nc1nccs1)c1cc(F)ccc1O)C2. The number of aromatic hydroxyl groups is 1. The fourth-order valence-corrected chi connectivity index (χ4v) is 4.09. The van der Waals surface area contributed by atoms with Gasteiger partial charge in [-0.1, -0.05) is 26.0 Å². The molecule has 3 aromatic rings. The topological polar surface area (TPSA) is 82.5 Å². The first-order valence-electron chi connectivity index (χ1n) is 9.47. The summed E-state index contributed by atoms with van der Waals surface area (Å²) in [6.07, 6.45) is 1.54. The molecule has 4 rings (SSSR count). The summed E-state index contributed by atoms with van der Waals surface area (Å²) in [5.41, 5.74) is 2.34. The van der Waals surface area contributed by atoms with Crippen LogP contribution in [0.4, 0.5) is 9.52 Å². The van der Waals surface area contributed by atoms with Crippen molar-refractivity contribution >= 4 is 28.3 Å². The number of phenols is 1. The lowest BCUT2D eigenvalue weighted by Crippen LogP contribution is -2.37. The molecule has 30 heavy (non-hydrogen) atoms. The van der Waals surface area contributed by atoms with Gasteiger partial charge in [0.2, 0.25) is 0 Å². The van der Waals surface area contributed by atoms with Crippen molar-refractivity contribution in [2.24, 2.45) is 0 Å². The van der Waals surface area contributed by atoms with Crippen LogP contribution in [0.1, 0.15) is 52.9 Å². The predicted molar refractivity (Wildman–Crippen MR) is 112 cm³/mol. The monoisotopic (exact) mass is 425 g/mol. The van der Waals surface area contributed by atoms with Crippen molar-refractivity contribution in [2.75, 3.05) is 5.32 Å². The largest absolute Gasteiger partial charge is 0.508 e. The number of benzene rings is 2. The van der Waals surface area contributed by atoms with Gasteiger partial charge in [-0.3, -0.25) is 14.9 Å². The molecular formula is C22H20FN3O3S. The Balaban J connectivity index is 1.75. The second kappa shape index (κ2) is 7.87. The van der Waals surface area contributed by atoms with Gasteiger partial charge in [-0.2, -0.15) is 0 Å². The number of rotatable bonds is 5. The fourth-order valence-electron chi connectivity index (χ4n) is 3.56. The Kier molecular flexibility index (Phi) is 5.26. The van der Waals surface area contributed by atoms with Crippen LogP contribution in [0.5, 0.6) is 5.75 Å². The number of nitrogens with one attached hydrogen (secondary N) is 1. The van der Waals surface area contributed by atoms with Crippen LogP contribution in [0.15, 0.2) is 48.0 Å². The molecule has 0 saturated heterocycles. The summed E-state index contributed by atoms with van der Waals surface area (Å²) in [5.74, 6) is -1.54. The van der Waals surface area contributed by atoms with Crippen molar-refractivity contribution in [2.45, 2.75) is 32.4 Å². The number of amides is 2. The molecule has 0 aliphatic carbocycles. The average molecular weight is 425 g/mol. The summed E-state index contributed by atoms with van der Waals surface area (Å²) in [5, 5.41) is 15.1. The first-order valence-corrected chi connectivity index (χ1v) is 10.4. The van der Waals surface area contributed by atoms with Gasteiger partial charge in [-0.15, -0.1) is 11.3 Å². The second-order valence-electron chi connectivity index (χ2n) is 7.44. The summed E-state index contributed by atoms with van der Waals surface area (Å²) in [6.45, 7) is 4.25. The Labute approximate surface area is 177 Å². The molecule has 8 heteroatoms. The second-order valence-corrected chi connectivity index (χ2v) is 8.33. The zero-order chi connectivity index (χ0) is 21.4. The molecule has 2 heterocycles. The number of carbonyl (C=O) groups is 2. The van der Waals surface area contributed by atoms with E-state index in [9.17, 15) is 19.1 Å². The summed E-state index contributed by atoms with van der Waals surface area (Å²) in [6, 6.07) is 7.82. The number of hydrogen-bond donors (Lipinski definition) is 2. The number of hydrogen-bond acceptors (Lipinski definition) is 5. The van der Waals surface area contributed by atoms with Crippen LogP contribution < -0.4 is 5.32 Å². The quantitative estimate of drug-likeness (QED) is 0.633. The van der Waals surface area contributed by atoms with Crippen LogP contribution in [0.25, 0.3) is 0 Å². The Morgan fingerprint density at radius 3 is 2.77 bits per heavy atom. The van der Waals surface area contributed by atoms with Crippen molar-refractivity contribution in [1.82, 2.24) is 9.88 Å². The maximum atomic E-state index is 14.0. The Bertz CT molecular complexity index is 1110. The first kappa shape index (κ1) is 20.0. The molecule has 0 radical (unpaired) electrons. The zero-order valence-corrected chi connectivity index (χ0v) is 17.2. The molecule has 6 nitrogen and oxygen atoms in total. The number of anilines is 1. The summed E-state index contributed by atoms with van der Waals surface area (Å²) < 4.78 is 14.0. The van der Waals surface area contributed by atoms with Gasteiger partial charge in [-0.05, 0) is 41.3 Å². The highest BCUT2D eigenvalue weighted by atomic mass is 32.1. The molecule has 2 N–H and O–H groups in total. The third-order valence-electron chi connectivity index (χ3n) is 5.14. The third-order valence-corrected chi connectivity index (χ3v) is 5.83. The summed E-state index contributed by atoms with van der Waals surface area (Å²) in [7, 11) is 0. The third kappa shape index (κ3) is 3.66. The van der Waals surface area contributed by atoms with Crippen LogP contribution in [0.2, 0.25) is 0 Å². The van der Waals surface area contributed by atoms with Crippen molar-refractivity contribution in [3.05, 3.63) is 76.0 Å². The van der Waals surface area contributed by atoms with E-state index in [0.717, 1.165) is 23.3 Å². The molecular weight excluding hydrogens is 405 g/mol. The van der Waals surface area contributed by atoms with Crippen LogP contribution in [-0.4, -0.2) is 26.8 Å². The summed E-state index contributed by atoms with van der Waals surface area (Å²) >= 11 is 1.22. The molecule has 1 atom stereocenters. The summed E-state index contributed by atoms with van der Waals surface area (Å²) in [4.78, 5) is 31.8. The van der Waals surface area contributed by atoms with E-state index in [4.69, 9.17) is 0 Å². The van der Waals surface area contributed by atoms with Crippen molar-refractivity contribution in [3.8, 4) is 5.75 Å². The standard InChI is InChI=1S/C22H20FN3O3S/c1-12(2)13-3-4-14-11-26(21(29)16(14)9-13)19(17-10-15(23)5-6-18(17)27)20(28)25-22-24-7-8-30-22/h3-10,12,19,27H,11H2,1-2H3,(H,24,25,28)/t19-/m0/s1. The molecule has 1 aliphatic heterocycles. The smallest absolute Gasteiger partial charge is 0.255 e. The van der Waals surface area contributed by atoms with Gasteiger partial charge in [0, 0.05) is 29.2 Å². The highest BCUT2D eigenvalue weighted by Crippen LogP contribution is 2.37. The highest BCUT2D eigenvalue weighted by molar-refractivity contribution is 7.13. The van der Waals surface area contributed by atoms with Gasteiger partial charge in [-0.25, -0.2) is 9.37 Å². The molecule has 2 aromatic carbocycles. The zero-order valence-electron chi connectivity index (χ0n) is 16.4. The number of aromatic nitrogens is 1. The minimum Gasteiger partial charge on any atom is -0.508 e. The lowest BCUT2D eigenvalue weighted by atomic mass is 9.98. The van der Waals surface area contributed by atoms with Crippen molar-refractivity contribution in [1.29, 1.82) is 0 Å². The highest BCUT2D eigenvalue weighted by Gasteiger charge is 2.39. The molecule has 0 fully saturated rings. The van der Waals surface area contributed by atoms with Crippen LogP contribution >= 0.6 is 11.3 Å². The van der Waals surface area contributed by atoms with Crippen LogP contribution in [0, 0.1) is 5.82 Å². The first-order chi connectivity index (χ1) is 14.3. The molecule has 0 bridgehead atoms. The number of halogens is 1. The van der Waals surface area contributed by atoms with E-state index in [1.807, 2.05) is 32.0 Å². The Morgan fingerprint density at radius 1 is 1.27 bits per heavy atom. The number of nitrogens with zero attached hydrogens (tertiary/aromatic N) is 2. The van der Waals surface area contributed by atoms with Gasteiger partial charge in [0.1, 0.15) is 17.6 Å². The molecule has 2 amide bonds. The van der Waals surface area contributed by atoms with E-state index < -0.39 is 17.8 Å². The van der Waals surface area contributed by atoms with E-state index in [2.05, 4.69) is 10.3 Å². The lowest BCUT2D eigenvalue weighted by Gasteiger charge is -2.27. The Morgan fingerprint density at radius 2 is 2.07 bits per heavy atom. The van der Waals surface area contributed by atoms with Crippen molar-refractivity contribution < 1.29 is 19.1 Å². The van der Waals surface area contributed by atoms with E-state index in [0.29, 0.717) is 10.7 Å². The van der Waals surface area contributed by atoms with E-state index >= 15 is 0 Å². The molecule has 154 valence electrons. The van der Waals surface area contributed by atoms with Crippen molar-refractivity contribution in [3.63, 3.8) is 0 Å². The average Bonchev–Trinajstić information content (AvgIpc) is 3.33. The molecule has 1 aliphatic rings. The van der Waals surface area contributed by atoms with Gasteiger partial charge >= 0.3 is 0 Å². The van der Waals surface area contributed by atoms with E-state index in [1.54, 1.807) is 11.6 Å². The van der Waals surface area contributed by atoms with Crippen LogP contribution in [-0.2, 0) is 11.3 Å². The minimum absolute atomic E-state index is 0.0225. The number of carbonyl (C=O) groups excluding carboxylic acids is 2. The number of phenolic OH excluding ortho intramolecular Hbond substituents is 1. The molecule has 0 spiro atoms. The van der Waals surface area contributed by atoms with Gasteiger partial charge in [0.05, 0.1) is 0 Å². The molecule has 0 unspecified atom stereocenters. The minimum atomic E-state index is -1.22. The maximum Gasteiger partial charge on any atom is 0.255 e. The Hall–Kier alpha value is -3.26. The maximum absolute atomic E-state index is 14.0.